The van der Waals surface area contributed by atoms with E-state index >= 15 is 0 Å². The van der Waals surface area contributed by atoms with E-state index < -0.39 is 21.9 Å². The number of benzene rings is 1. The van der Waals surface area contributed by atoms with Crippen LogP contribution in [0.15, 0.2) is 35.4 Å². The molecule has 0 saturated carbocycles. The van der Waals surface area contributed by atoms with Crippen LogP contribution in [-0.4, -0.2) is 49.9 Å². The minimum Gasteiger partial charge on any atom is -0.464 e. The zero-order valence-corrected chi connectivity index (χ0v) is 16.8. The van der Waals surface area contributed by atoms with Crippen LogP contribution in [0, 0.1) is 13.8 Å². The van der Waals surface area contributed by atoms with Crippen LogP contribution in [-0.2, 0) is 26.6 Å². The average molecular weight is 393 g/mol. The van der Waals surface area contributed by atoms with Gasteiger partial charge in [0.15, 0.2) is 0 Å². The maximum Gasteiger partial charge on any atom is 0.354 e. The fourth-order valence-corrected chi connectivity index (χ4v) is 3.67. The molecule has 1 N–H and O–H groups in total. The molecule has 2 rings (SSSR count). The molecular formula is C18H23N3O5S. The third-order valence-corrected chi connectivity index (χ3v) is 6.01. The quantitative estimate of drug-likeness (QED) is 0.753. The Bertz CT molecular complexity index is 979. The summed E-state index contributed by atoms with van der Waals surface area (Å²) >= 11 is 0. The van der Waals surface area contributed by atoms with Crippen molar-refractivity contribution in [3.8, 4) is 0 Å². The molecule has 0 spiro atoms. The highest BCUT2D eigenvalue weighted by Crippen LogP contribution is 2.19. The van der Waals surface area contributed by atoms with Crippen molar-refractivity contribution < 1.29 is 22.7 Å². The molecule has 0 atom stereocenters. The lowest BCUT2D eigenvalue weighted by Crippen LogP contribution is -2.34. The van der Waals surface area contributed by atoms with Crippen LogP contribution in [0.25, 0.3) is 0 Å². The summed E-state index contributed by atoms with van der Waals surface area (Å²) in [4.78, 5) is 23.8. The summed E-state index contributed by atoms with van der Waals surface area (Å²) in [6, 6.07) is 6.68. The van der Waals surface area contributed by atoms with Crippen molar-refractivity contribution in [2.24, 2.45) is 7.05 Å². The van der Waals surface area contributed by atoms with Crippen LogP contribution in [0.1, 0.15) is 21.6 Å². The van der Waals surface area contributed by atoms with Gasteiger partial charge in [-0.1, -0.05) is 6.07 Å². The lowest BCUT2D eigenvalue weighted by atomic mass is 10.1. The highest BCUT2D eigenvalue weighted by Gasteiger charge is 2.26. The SMILES string of the molecule is COC(=O)c1cc(S(=O)(=O)N(C)CC(=O)Nc2ccc(C)c(C)c2)cn1C. The fourth-order valence-electron chi connectivity index (χ4n) is 2.47. The van der Waals surface area contributed by atoms with Crippen molar-refractivity contribution in [3.63, 3.8) is 0 Å². The number of carbonyl (C=O) groups excluding carboxylic acids is 2. The number of rotatable bonds is 6. The van der Waals surface area contributed by atoms with Crippen LogP contribution < -0.4 is 5.32 Å². The molecule has 2 aromatic rings. The lowest BCUT2D eigenvalue weighted by molar-refractivity contribution is -0.116. The molecule has 0 saturated heterocycles. The molecule has 0 unspecified atom stereocenters. The monoisotopic (exact) mass is 393 g/mol. The summed E-state index contributed by atoms with van der Waals surface area (Å²) in [6.45, 7) is 3.53. The molecule has 0 bridgehead atoms. The molecule has 1 aromatic heterocycles. The van der Waals surface area contributed by atoms with Gasteiger partial charge in [0.05, 0.1) is 13.7 Å². The van der Waals surface area contributed by atoms with Gasteiger partial charge in [-0.3, -0.25) is 4.79 Å². The van der Waals surface area contributed by atoms with Crippen LogP contribution in [0.4, 0.5) is 5.69 Å². The zero-order valence-electron chi connectivity index (χ0n) is 15.9. The van der Waals surface area contributed by atoms with Crippen LogP contribution in [0.2, 0.25) is 0 Å². The van der Waals surface area contributed by atoms with E-state index in [4.69, 9.17) is 0 Å². The first kappa shape index (κ1) is 20.7. The first-order chi connectivity index (χ1) is 12.6. The summed E-state index contributed by atoms with van der Waals surface area (Å²) in [7, 11) is 0.119. The maximum absolute atomic E-state index is 12.7. The number of methoxy groups -OCH3 is 1. The Morgan fingerprint density at radius 2 is 1.85 bits per heavy atom. The number of amides is 1. The van der Waals surface area contributed by atoms with Gasteiger partial charge in [-0.05, 0) is 43.2 Å². The Balaban J connectivity index is 2.13. The number of aromatic nitrogens is 1. The Hall–Kier alpha value is -2.65. The van der Waals surface area contributed by atoms with Gasteiger partial charge in [-0.2, -0.15) is 4.31 Å². The number of anilines is 1. The summed E-state index contributed by atoms with van der Waals surface area (Å²) in [5.41, 5.74) is 2.82. The third-order valence-electron chi connectivity index (χ3n) is 4.24. The minimum absolute atomic E-state index is 0.0909. The van der Waals surface area contributed by atoms with Crippen molar-refractivity contribution in [2.75, 3.05) is 26.0 Å². The molecular weight excluding hydrogens is 370 g/mol. The second-order valence-corrected chi connectivity index (χ2v) is 8.32. The van der Waals surface area contributed by atoms with Crippen LogP contribution >= 0.6 is 0 Å². The molecule has 0 aliphatic heterocycles. The second kappa shape index (κ2) is 7.93. The number of esters is 1. The number of nitrogens with one attached hydrogen (secondary N) is 1. The zero-order chi connectivity index (χ0) is 20.4. The summed E-state index contributed by atoms with van der Waals surface area (Å²) < 4.78 is 32.3. The number of nitrogens with zero attached hydrogens (tertiary/aromatic N) is 2. The number of likely N-dealkylation sites (N-methyl/N-ethyl adjacent to an activating group) is 1. The first-order valence-corrected chi connectivity index (χ1v) is 9.58. The van der Waals surface area contributed by atoms with E-state index in [1.54, 1.807) is 6.07 Å². The molecule has 0 radical (unpaired) electrons. The van der Waals surface area contributed by atoms with Crippen LogP contribution in [0.5, 0.6) is 0 Å². The normalized spacial score (nSPS) is 11.5. The van der Waals surface area contributed by atoms with E-state index in [1.807, 2.05) is 26.0 Å². The molecule has 0 aliphatic carbocycles. The van der Waals surface area contributed by atoms with E-state index in [9.17, 15) is 18.0 Å². The van der Waals surface area contributed by atoms with Gasteiger partial charge in [0.1, 0.15) is 10.6 Å². The second-order valence-electron chi connectivity index (χ2n) is 6.27. The van der Waals surface area contributed by atoms with Crippen molar-refractivity contribution in [1.29, 1.82) is 0 Å². The smallest absolute Gasteiger partial charge is 0.354 e. The van der Waals surface area contributed by atoms with E-state index in [1.165, 1.54) is 38.0 Å². The number of aryl methyl sites for hydroxylation is 3. The Morgan fingerprint density at radius 3 is 2.44 bits per heavy atom. The first-order valence-electron chi connectivity index (χ1n) is 8.14. The van der Waals surface area contributed by atoms with Gasteiger partial charge in [-0.25, -0.2) is 13.2 Å². The maximum atomic E-state index is 12.7. The highest BCUT2D eigenvalue weighted by molar-refractivity contribution is 7.89. The molecule has 1 aromatic carbocycles. The van der Waals surface area contributed by atoms with Gasteiger partial charge in [-0.15, -0.1) is 0 Å². The highest BCUT2D eigenvalue weighted by atomic mass is 32.2. The molecule has 9 heteroatoms. The predicted octanol–water partition coefficient (Wildman–Crippen LogP) is 1.69. The van der Waals surface area contributed by atoms with Crippen LogP contribution in [0.3, 0.4) is 0 Å². The fraction of sp³-hybridized carbons (Fsp3) is 0.333. The number of ether oxygens (including phenoxy) is 1. The van der Waals surface area contributed by atoms with Crippen molar-refractivity contribution in [2.45, 2.75) is 18.7 Å². The topological polar surface area (TPSA) is 97.7 Å². The van der Waals surface area contributed by atoms with Gasteiger partial charge in [0.25, 0.3) is 0 Å². The Kier molecular flexibility index (Phi) is 6.07. The molecule has 8 nitrogen and oxygen atoms in total. The number of hydrogen-bond donors (Lipinski definition) is 1. The number of hydrogen-bond acceptors (Lipinski definition) is 5. The van der Waals surface area contributed by atoms with E-state index in [-0.39, 0.29) is 17.1 Å². The predicted molar refractivity (Wildman–Crippen MR) is 101 cm³/mol. The Morgan fingerprint density at radius 1 is 1.19 bits per heavy atom. The third kappa shape index (κ3) is 4.55. The van der Waals surface area contributed by atoms with E-state index in [0.717, 1.165) is 15.4 Å². The molecule has 27 heavy (non-hydrogen) atoms. The minimum atomic E-state index is -3.94. The van der Waals surface area contributed by atoms with Gasteiger partial charge in [0, 0.05) is 26.0 Å². The lowest BCUT2D eigenvalue weighted by Gasteiger charge is -2.16. The van der Waals surface area contributed by atoms with Gasteiger partial charge in [0.2, 0.25) is 15.9 Å². The summed E-state index contributed by atoms with van der Waals surface area (Å²) in [5, 5.41) is 2.68. The number of sulfonamides is 1. The summed E-state index contributed by atoms with van der Waals surface area (Å²) in [5.74, 6) is -1.11. The summed E-state index contributed by atoms with van der Waals surface area (Å²) in [6.07, 6.45) is 1.30. The van der Waals surface area contributed by atoms with Crippen molar-refractivity contribution in [3.05, 3.63) is 47.3 Å². The molecule has 0 fully saturated rings. The van der Waals surface area contributed by atoms with Gasteiger partial charge < -0.3 is 14.6 Å². The largest absolute Gasteiger partial charge is 0.464 e. The standard InChI is InChI=1S/C18H23N3O5S/c1-12-6-7-14(8-13(12)2)19-17(22)11-21(4)27(24,25)15-9-16(18(23)26-5)20(3)10-15/h6-10H,11H2,1-5H3,(H,19,22). The van der Waals surface area contributed by atoms with Crippen molar-refractivity contribution in [1.82, 2.24) is 8.87 Å². The molecule has 1 amide bonds. The Labute approximate surface area is 158 Å². The molecule has 0 aliphatic rings. The van der Waals surface area contributed by atoms with E-state index in [2.05, 4.69) is 10.1 Å². The number of carbonyl (C=O) groups is 2. The van der Waals surface area contributed by atoms with E-state index in [0.29, 0.717) is 5.69 Å². The van der Waals surface area contributed by atoms with Gasteiger partial charge >= 0.3 is 5.97 Å². The molecule has 1 heterocycles. The van der Waals surface area contributed by atoms with Crippen molar-refractivity contribution >= 4 is 27.6 Å². The molecule has 146 valence electrons. The average Bonchev–Trinajstić information content (AvgIpc) is 3.00.